The van der Waals surface area contributed by atoms with Crippen LogP contribution in [0, 0.1) is 12.7 Å². The van der Waals surface area contributed by atoms with E-state index in [1.165, 1.54) is 12.1 Å². The van der Waals surface area contributed by atoms with E-state index in [0.29, 0.717) is 17.1 Å². The Morgan fingerprint density at radius 1 is 1.21 bits per heavy atom. The molecule has 1 radical (unpaired) electrons. The predicted molar refractivity (Wildman–Crippen MR) is 71.6 cm³/mol. The van der Waals surface area contributed by atoms with Crippen molar-refractivity contribution < 1.29 is 9.13 Å². The molecule has 3 nitrogen and oxygen atoms in total. The average Bonchev–Trinajstić information content (AvgIpc) is 2.74. The number of hydrogen-bond acceptors (Lipinski definition) is 2. The molecule has 0 atom stereocenters. The molecule has 0 amide bonds. The first kappa shape index (κ1) is 11.7. The molecule has 95 valence electrons. The Kier molecular flexibility index (Phi) is 2.71. The van der Waals surface area contributed by atoms with Crippen LogP contribution in [0.25, 0.3) is 10.9 Å². The molecule has 4 heteroatoms. The molecule has 19 heavy (non-hydrogen) atoms. The number of ether oxygens (including phenoxy) is 1. The van der Waals surface area contributed by atoms with E-state index in [4.69, 9.17) is 4.74 Å². The SMILES string of the molecule is [CH2]c1cc(F)ccc1Oc1ccc2c(cnn2C)c1. The van der Waals surface area contributed by atoms with Crippen LogP contribution >= 0.6 is 0 Å². The molecule has 0 N–H and O–H groups in total. The Bertz CT molecular complexity index is 749. The van der Waals surface area contributed by atoms with Crippen molar-refractivity contribution in [1.29, 1.82) is 0 Å². The van der Waals surface area contributed by atoms with E-state index < -0.39 is 0 Å². The Morgan fingerprint density at radius 3 is 2.84 bits per heavy atom. The average molecular weight is 255 g/mol. The van der Waals surface area contributed by atoms with Crippen molar-refractivity contribution in [2.24, 2.45) is 7.05 Å². The minimum Gasteiger partial charge on any atom is -0.457 e. The molecule has 2 aromatic carbocycles. The van der Waals surface area contributed by atoms with Crippen LogP contribution in [0.4, 0.5) is 4.39 Å². The van der Waals surface area contributed by atoms with E-state index in [-0.39, 0.29) is 5.82 Å². The summed E-state index contributed by atoms with van der Waals surface area (Å²) in [4.78, 5) is 0. The number of fused-ring (bicyclic) bond motifs is 1. The van der Waals surface area contributed by atoms with Gasteiger partial charge in [0.2, 0.25) is 0 Å². The van der Waals surface area contributed by atoms with Gasteiger partial charge in [-0.2, -0.15) is 5.10 Å². The number of aromatic nitrogens is 2. The molecule has 1 heterocycles. The first-order chi connectivity index (χ1) is 9.13. The van der Waals surface area contributed by atoms with E-state index in [1.807, 2.05) is 25.2 Å². The van der Waals surface area contributed by atoms with Crippen LogP contribution in [-0.4, -0.2) is 9.78 Å². The fourth-order valence-corrected chi connectivity index (χ4v) is 1.98. The van der Waals surface area contributed by atoms with Gasteiger partial charge >= 0.3 is 0 Å². The van der Waals surface area contributed by atoms with E-state index in [0.717, 1.165) is 10.9 Å². The summed E-state index contributed by atoms with van der Waals surface area (Å²) < 4.78 is 20.5. The van der Waals surface area contributed by atoms with Crippen molar-refractivity contribution in [3.8, 4) is 11.5 Å². The van der Waals surface area contributed by atoms with Crippen LogP contribution in [0.5, 0.6) is 11.5 Å². The van der Waals surface area contributed by atoms with Gasteiger partial charge in [-0.1, -0.05) is 0 Å². The van der Waals surface area contributed by atoms with Crippen LogP contribution < -0.4 is 4.74 Å². The maximum absolute atomic E-state index is 13.0. The van der Waals surface area contributed by atoms with Gasteiger partial charge in [-0.05, 0) is 48.9 Å². The van der Waals surface area contributed by atoms with Crippen molar-refractivity contribution in [2.45, 2.75) is 0 Å². The summed E-state index contributed by atoms with van der Waals surface area (Å²) in [5, 5.41) is 5.17. The monoisotopic (exact) mass is 255 g/mol. The van der Waals surface area contributed by atoms with E-state index >= 15 is 0 Å². The molecule has 0 fully saturated rings. The molecule has 0 bridgehead atoms. The second kappa shape index (κ2) is 4.39. The molecule has 0 spiro atoms. The second-order valence-electron chi connectivity index (χ2n) is 4.34. The summed E-state index contributed by atoms with van der Waals surface area (Å²) in [6.07, 6.45) is 1.78. The first-order valence-corrected chi connectivity index (χ1v) is 5.84. The summed E-state index contributed by atoms with van der Waals surface area (Å²) in [7, 11) is 1.89. The standard InChI is InChI=1S/C15H12FN2O/c1-10-7-12(16)3-6-15(10)19-13-4-5-14-11(8-13)9-17-18(14)2/h3-9H,1H2,2H3. The number of hydrogen-bond donors (Lipinski definition) is 0. The first-order valence-electron chi connectivity index (χ1n) is 5.84. The smallest absolute Gasteiger partial charge is 0.130 e. The minimum atomic E-state index is -0.319. The Hall–Kier alpha value is -2.36. The Balaban J connectivity index is 1.96. The third-order valence-corrected chi connectivity index (χ3v) is 2.97. The summed E-state index contributed by atoms with van der Waals surface area (Å²) in [6.45, 7) is 3.76. The Morgan fingerprint density at radius 2 is 2.05 bits per heavy atom. The quantitative estimate of drug-likeness (QED) is 0.698. The molecular weight excluding hydrogens is 243 g/mol. The van der Waals surface area contributed by atoms with Crippen molar-refractivity contribution >= 4 is 10.9 Å². The van der Waals surface area contributed by atoms with Gasteiger partial charge < -0.3 is 4.74 Å². The molecular formula is C15H12FN2O. The van der Waals surface area contributed by atoms with Gasteiger partial charge in [0.05, 0.1) is 11.7 Å². The fourth-order valence-electron chi connectivity index (χ4n) is 1.98. The molecule has 0 aliphatic heterocycles. The zero-order valence-corrected chi connectivity index (χ0v) is 10.4. The van der Waals surface area contributed by atoms with Gasteiger partial charge in [0, 0.05) is 12.4 Å². The highest BCUT2D eigenvalue weighted by atomic mass is 19.1. The summed E-state index contributed by atoms with van der Waals surface area (Å²) >= 11 is 0. The van der Waals surface area contributed by atoms with Gasteiger partial charge in [-0.3, -0.25) is 4.68 Å². The van der Waals surface area contributed by atoms with Crippen LogP contribution in [-0.2, 0) is 7.05 Å². The largest absolute Gasteiger partial charge is 0.457 e. The van der Waals surface area contributed by atoms with Gasteiger partial charge in [-0.15, -0.1) is 0 Å². The third-order valence-electron chi connectivity index (χ3n) is 2.97. The zero-order chi connectivity index (χ0) is 13.4. The summed E-state index contributed by atoms with van der Waals surface area (Å²) in [6, 6.07) is 9.96. The highest BCUT2D eigenvalue weighted by Crippen LogP contribution is 2.27. The lowest BCUT2D eigenvalue weighted by Crippen LogP contribution is -1.90. The normalized spacial score (nSPS) is 10.9. The van der Waals surface area contributed by atoms with E-state index in [9.17, 15) is 4.39 Å². The zero-order valence-electron chi connectivity index (χ0n) is 10.4. The fraction of sp³-hybridized carbons (Fsp3) is 0.0667. The maximum atomic E-state index is 13.0. The number of benzene rings is 2. The van der Waals surface area contributed by atoms with Crippen molar-refractivity contribution in [1.82, 2.24) is 9.78 Å². The predicted octanol–water partition coefficient (Wildman–Crippen LogP) is 3.69. The number of rotatable bonds is 2. The molecule has 0 unspecified atom stereocenters. The maximum Gasteiger partial charge on any atom is 0.130 e. The van der Waals surface area contributed by atoms with E-state index in [2.05, 4.69) is 12.0 Å². The minimum absolute atomic E-state index is 0.319. The second-order valence-corrected chi connectivity index (χ2v) is 4.34. The lowest BCUT2D eigenvalue weighted by molar-refractivity contribution is 0.479. The van der Waals surface area contributed by atoms with Crippen LogP contribution in [0.2, 0.25) is 0 Å². The number of nitrogens with zero attached hydrogens (tertiary/aromatic N) is 2. The van der Waals surface area contributed by atoms with Crippen molar-refractivity contribution in [3.05, 3.63) is 60.9 Å². The van der Waals surface area contributed by atoms with Crippen molar-refractivity contribution in [3.63, 3.8) is 0 Å². The molecule has 0 aliphatic rings. The summed E-state index contributed by atoms with van der Waals surface area (Å²) in [5.74, 6) is 0.904. The van der Waals surface area contributed by atoms with Gasteiger partial charge in [-0.25, -0.2) is 4.39 Å². The summed E-state index contributed by atoms with van der Waals surface area (Å²) in [5.41, 5.74) is 1.55. The highest BCUT2D eigenvalue weighted by molar-refractivity contribution is 5.80. The van der Waals surface area contributed by atoms with Crippen LogP contribution in [0.1, 0.15) is 5.56 Å². The Labute approximate surface area is 110 Å². The lowest BCUT2D eigenvalue weighted by Gasteiger charge is -2.08. The highest BCUT2D eigenvalue weighted by Gasteiger charge is 2.05. The van der Waals surface area contributed by atoms with Crippen LogP contribution in [0.15, 0.2) is 42.6 Å². The molecule has 1 aromatic heterocycles. The van der Waals surface area contributed by atoms with Crippen LogP contribution in [0.3, 0.4) is 0 Å². The van der Waals surface area contributed by atoms with E-state index in [1.54, 1.807) is 16.9 Å². The number of halogens is 1. The van der Waals surface area contributed by atoms with Gasteiger partial charge in [0.1, 0.15) is 17.3 Å². The lowest BCUT2D eigenvalue weighted by atomic mass is 10.2. The van der Waals surface area contributed by atoms with Crippen molar-refractivity contribution in [2.75, 3.05) is 0 Å². The third kappa shape index (κ3) is 2.17. The molecule has 3 aromatic rings. The molecule has 0 aliphatic carbocycles. The molecule has 0 saturated carbocycles. The molecule has 0 saturated heterocycles. The topological polar surface area (TPSA) is 27.1 Å². The van der Waals surface area contributed by atoms with Gasteiger partial charge in [0.15, 0.2) is 0 Å². The van der Waals surface area contributed by atoms with Gasteiger partial charge in [0.25, 0.3) is 0 Å². The number of aryl methyl sites for hydroxylation is 1. The molecule has 3 rings (SSSR count).